The number of quaternary nitrogens is 1. The first-order valence-electron chi connectivity index (χ1n) is 36.5. The molecule has 0 spiro atoms. The Bertz CT molecular complexity index is 1570. The van der Waals surface area contributed by atoms with Crippen molar-refractivity contribution >= 4 is 19.7 Å². The van der Waals surface area contributed by atoms with E-state index in [1.807, 2.05) is 33.3 Å². The van der Waals surface area contributed by atoms with Gasteiger partial charge in [-0.2, -0.15) is 0 Å². The molecule has 9 nitrogen and oxygen atoms in total. The van der Waals surface area contributed by atoms with E-state index in [1.165, 1.54) is 263 Å². The molecule has 10 heteroatoms. The summed E-state index contributed by atoms with van der Waals surface area (Å²) in [6.45, 7) is 7.03. The fraction of sp³-hybridized carbons (Fsp3) is 0.865. The summed E-state index contributed by atoms with van der Waals surface area (Å²) >= 11 is 0. The van der Waals surface area contributed by atoms with E-state index < -0.39 is 20.0 Å². The van der Waals surface area contributed by atoms with Gasteiger partial charge in [-0.05, 0) is 89.5 Å². The van der Waals surface area contributed by atoms with Crippen molar-refractivity contribution in [2.75, 3.05) is 40.9 Å². The number of rotatable bonds is 67. The molecule has 0 aliphatic rings. The van der Waals surface area contributed by atoms with Crippen molar-refractivity contribution in [3.63, 3.8) is 0 Å². The van der Waals surface area contributed by atoms with E-state index in [2.05, 4.69) is 62.5 Å². The summed E-state index contributed by atoms with van der Waals surface area (Å²) in [5, 5.41) is 3.08. The molecule has 0 aliphatic carbocycles. The molecule has 3 atom stereocenters. The number of esters is 1. The lowest BCUT2D eigenvalue weighted by molar-refractivity contribution is -0.870. The average Bonchev–Trinajstić information content (AvgIpc) is 3.65. The van der Waals surface area contributed by atoms with E-state index in [0.717, 1.165) is 64.2 Å². The van der Waals surface area contributed by atoms with Crippen molar-refractivity contribution < 1.29 is 37.3 Å². The standard InChI is InChI=1S/C74H141N2O7P/c1-7-10-13-16-19-22-25-28-30-32-34-35-36-37-38-39-40-41-43-44-46-48-51-54-57-60-63-66-73(77)75-71(70-82-84(79,80)81-69-68-76(4,5)6)72(65-62-59-56-53-50-27-24-21-18-15-12-9-3)83-74(78)67-64-61-58-55-52-49-47-45-42-33-31-29-26-23-20-17-14-11-8-2/h20,23,28-31,62,65,71-72H,7-19,21-22,24-27,32-61,63-64,66-70H2,1-6H3,(H-,75,77,79,80)/p+1/b23-20-,30-28+,31-29-,65-62-. The first-order chi connectivity index (χ1) is 40.9. The Labute approximate surface area is 522 Å². The Kier molecular flexibility index (Phi) is 62.4. The Hall–Kier alpha value is -2.03. The molecule has 2 N–H and O–H groups in total. The third kappa shape index (κ3) is 64.4. The maximum Gasteiger partial charge on any atom is 0.472 e. The van der Waals surface area contributed by atoms with Crippen LogP contribution in [0.5, 0.6) is 0 Å². The molecule has 84 heavy (non-hydrogen) atoms. The van der Waals surface area contributed by atoms with Gasteiger partial charge in [0.15, 0.2) is 0 Å². The summed E-state index contributed by atoms with van der Waals surface area (Å²) in [7, 11) is 1.51. The van der Waals surface area contributed by atoms with Crippen molar-refractivity contribution in [3.8, 4) is 0 Å². The summed E-state index contributed by atoms with van der Waals surface area (Å²) in [5.74, 6) is -0.493. The van der Waals surface area contributed by atoms with E-state index in [1.54, 1.807) is 0 Å². The highest BCUT2D eigenvalue weighted by molar-refractivity contribution is 7.47. The molecule has 0 saturated carbocycles. The number of carbonyl (C=O) groups is 2. The maximum atomic E-state index is 13.6. The van der Waals surface area contributed by atoms with Gasteiger partial charge in [0.05, 0.1) is 33.8 Å². The predicted molar refractivity (Wildman–Crippen MR) is 365 cm³/mol. The fourth-order valence-corrected chi connectivity index (χ4v) is 11.6. The minimum absolute atomic E-state index is 0.0411. The third-order valence-electron chi connectivity index (χ3n) is 16.5. The number of nitrogens with one attached hydrogen (secondary N) is 1. The Morgan fingerprint density at radius 2 is 0.726 bits per heavy atom. The minimum Gasteiger partial charge on any atom is -0.456 e. The highest BCUT2D eigenvalue weighted by Crippen LogP contribution is 2.43. The molecule has 3 unspecified atom stereocenters. The molecule has 0 aromatic carbocycles. The first-order valence-corrected chi connectivity index (χ1v) is 38.0. The van der Waals surface area contributed by atoms with Gasteiger partial charge in [0.25, 0.3) is 0 Å². The second-order valence-electron chi connectivity index (χ2n) is 26.1. The number of nitrogens with zero attached hydrogens (tertiary/aromatic N) is 1. The summed E-state index contributed by atoms with van der Waals surface area (Å²) in [4.78, 5) is 37.9. The third-order valence-corrected chi connectivity index (χ3v) is 17.5. The predicted octanol–water partition coefficient (Wildman–Crippen LogP) is 23.2. The minimum atomic E-state index is -4.45. The summed E-state index contributed by atoms with van der Waals surface area (Å²) in [6.07, 6.45) is 81.3. The number of phosphoric acid groups is 1. The molecular formula is C74H142N2O7P+. The zero-order valence-electron chi connectivity index (χ0n) is 56.7. The van der Waals surface area contributed by atoms with Crippen LogP contribution in [0, 0.1) is 0 Å². The van der Waals surface area contributed by atoms with Gasteiger partial charge in [0.1, 0.15) is 19.3 Å². The number of carbonyl (C=O) groups excluding carboxylic acids is 2. The van der Waals surface area contributed by atoms with Gasteiger partial charge in [-0.15, -0.1) is 0 Å². The molecule has 0 aliphatic heterocycles. The Balaban J connectivity index is 4.98. The molecule has 0 aromatic rings. The van der Waals surface area contributed by atoms with E-state index in [-0.39, 0.29) is 31.5 Å². The summed E-state index contributed by atoms with van der Waals surface area (Å²) < 4.78 is 30.8. The fourth-order valence-electron chi connectivity index (χ4n) is 10.9. The van der Waals surface area contributed by atoms with E-state index in [4.69, 9.17) is 13.8 Å². The monoisotopic (exact) mass is 1200 g/mol. The molecule has 0 aromatic heterocycles. The molecule has 494 valence electrons. The van der Waals surface area contributed by atoms with Crippen LogP contribution in [0.1, 0.15) is 361 Å². The number of likely N-dealkylation sites (N-methyl/N-ethyl adjacent to an activating group) is 1. The van der Waals surface area contributed by atoms with E-state index in [0.29, 0.717) is 17.4 Å². The maximum absolute atomic E-state index is 13.6. The lowest BCUT2D eigenvalue weighted by atomic mass is 10.0. The smallest absolute Gasteiger partial charge is 0.456 e. The van der Waals surface area contributed by atoms with Crippen LogP contribution in [-0.2, 0) is 27.9 Å². The van der Waals surface area contributed by atoms with Crippen LogP contribution in [0.25, 0.3) is 0 Å². The molecule has 0 rings (SSSR count). The Morgan fingerprint density at radius 3 is 1.11 bits per heavy atom. The lowest BCUT2D eigenvalue weighted by Crippen LogP contribution is -2.47. The van der Waals surface area contributed by atoms with Crippen LogP contribution in [0.4, 0.5) is 0 Å². The van der Waals surface area contributed by atoms with Crippen LogP contribution in [0.2, 0.25) is 0 Å². The van der Waals surface area contributed by atoms with Crippen LogP contribution in [0.15, 0.2) is 48.6 Å². The highest BCUT2D eigenvalue weighted by atomic mass is 31.2. The van der Waals surface area contributed by atoms with Crippen LogP contribution in [-0.4, -0.2) is 74.3 Å². The van der Waals surface area contributed by atoms with Gasteiger partial charge in [0, 0.05) is 12.8 Å². The molecule has 0 heterocycles. The zero-order valence-corrected chi connectivity index (χ0v) is 57.6. The number of amides is 1. The SMILES string of the molecule is CCCCC/C=C\C/C=C\CCCCCCCCCCCC(=O)OC(/C=C\CCCCCCCCCCCC)C(COP(=O)(O)OCC[N+](C)(C)C)NC(=O)CCCCCCCCCCCCCCCCCCC/C=C/CCCCCCCC. The van der Waals surface area contributed by atoms with Gasteiger partial charge in [-0.1, -0.05) is 307 Å². The van der Waals surface area contributed by atoms with Crippen LogP contribution in [0.3, 0.4) is 0 Å². The molecule has 0 radical (unpaired) electrons. The largest absolute Gasteiger partial charge is 0.472 e. The highest BCUT2D eigenvalue weighted by Gasteiger charge is 2.30. The van der Waals surface area contributed by atoms with Crippen molar-refractivity contribution in [2.45, 2.75) is 373 Å². The van der Waals surface area contributed by atoms with Crippen molar-refractivity contribution in [2.24, 2.45) is 0 Å². The first kappa shape index (κ1) is 82.0. The lowest BCUT2D eigenvalue weighted by Gasteiger charge is -2.27. The van der Waals surface area contributed by atoms with Gasteiger partial charge < -0.3 is 19.4 Å². The number of ether oxygens (including phenoxy) is 1. The average molecular weight is 1200 g/mol. The number of allylic oxidation sites excluding steroid dienone is 7. The van der Waals surface area contributed by atoms with Gasteiger partial charge in [-0.3, -0.25) is 18.6 Å². The van der Waals surface area contributed by atoms with Gasteiger partial charge in [0.2, 0.25) is 5.91 Å². The Morgan fingerprint density at radius 1 is 0.417 bits per heavy atom. The second-order valence-corrected chi connectivity index (χ2v) is 27.6. The molecule has 1 amide bonds. The van der Waals surface area contributed by atoms with Gasteiger partial charge >= 0.3 is 13.8 Å². The molecular weight excluding hydrogens is 1060 g/mol. The number of hydrogen-bond acceptors (Lipinski definition) is 6. The number of hydrogen-bond donors (Lipinski definition) is 2. The molecule has 0 fully saturated rings. The van der Waals surface area contributed by atoms with Gasteiger partial charge in [-0.25, -0.2) is 4.57 Å². The molecule has 0 bridgehead atoms. The van der Waals surface area contributed by atoms with E-state index >= 15 is 0 Å². The summed E-state index contributed by atoms with van der Waals surface area (Å²) in [6, 6.07) is -0.849. The number of phosphoric ester groups is 1. The topological polar surface area (TPSA) is 111 Å². The summed E-state index contributed by atoms with van der Waals surface area (Å²) in [5.41, 5.74) is 0. The number of unbranched alkanes of at least 4 members (excludes halogenated alkanes) is 45. The zero-order chi connectivity index (χ0) is 61.4. The van der Waals surface area contributed by atoms with E-state index in [9.17, 15) is 19.0 Å². The van der Waals surface area contributed by atoms with Crippen molar-refractivity contribution in [1.82, 2.24) is 5.32 Å². The quantitative estimate of drug-likeness (QED) is 0.0205. The van der Waals surface area contributed by atoms with Crippen molar-refractivity contribution in [3.05, 3.63) is 48.6 Å². The normalized spacial score (nSPS) is 13.8. The molecule has 0 saturated heterocycles. The van der Waals surface area contributed by atoms with Crippen LogP contribution >= 0.6 is 7.82 Å². The van der Waals surface area contributed by atoms with Crippen molar-refractivity contribution in [1.29, 1.82) is 0 Å². The van der Waals surface area contributed by atoms with Crippen LogP contribution < -0.4 is 5.32 Å². The second kappa shape index (κ2) is 64.0.